The van der Waals surface area contributed by atoms with Crippen molar-refractivity contribution in [2.24, 2.45) is 0 Å². The third-order valence-corrected chi connectivity index (χ3v) is 5.63. The Kier molecular flexibility index (Phi) is 5.42. The van der Waals surface area contributed by atoms with Crippen LogP contribution in [0.2, 0.25) is 0 Å². The maximum Gasteiger partial charge on any atom is 0.233 e. The number of aryl methyl sites for hydroxylation is 1. The molecule has 0 aromatic carbocycles. The Labute approximate surface area is 182 Å². The van der Waals surface area contributed by atoms with Crippen molar-refractivity contribution in [1.82, 2.24) is 34.8 Å². The lowest BCUT2D eigenvalue weighted by Crippen LogP contribution is -2.45. The van der Waals surface area contributed by atoms with Crippen LogP contribution in [0.1, 0.15) is 37.3 Å². The number of nitrogens with zero attached hydrogens (tertiary/aromatic N) is 8. The number of anilines is 3. The highest BCUT2D eigenvalue weighted by Crippen LogP contribution is 2.39. The molecule has 0 amide bonds. The Morgan fingerprint density at radius 1 is 0.968 bits per heavy atom. The molecule has 0 spiro atoms. The number of aromatic nitrogens is 6. The molecule has 0 unspecified atom stereocenters. The highest BCUT2D eigenvalue weighted by molar-refractivity contribution is 5.61. The highest BCUT2D eigenvalue weighted by Gasteiger charge is 2.28. The van der Waals surface area contributed by atoms with Gasteiger partial charge in [0.05, 0.1) is 11.4 Å². The number of hydrogen-bond donors (Lipinski definition) is 1. The second-order valence-corrected chi connectivity index (χ2v) is 8.13. The summed E-state index contributed by atoms with van der Waals surface area (Å²) in [7, 11) is 2.14. The molecule has 0 radical (unpaired) electrons. The van der Waals surface area contributed by atoms with Crippen molar-refractivity contribution in [1.29, 1.82) is 0 Å². The Morgan fingerprint density at radius 2 is 1.81 bits per heavy atom. The Morgan fingerprint density at radius 3 is 2.52 bits per heavy atom. The topological polar surface area (TPSA) is 95.8 Å². The fourth-order valence-electron chi connectivity index (χ4n) is 3.58. The molecule has 3 aromatic heterocycles. The van der Waals surface area contributed by atoms with Gasteiger partial charge in [-0.15, -0.1) is 0 Å². The minimum absolute atomic E-state index is 0.426. The van der Waals surface area contributed by atoms with E-state index in [0.29, 0.717) is 17.7 Å². The molecule has 1 N–H and O–H groups in total. The van der Waals surface area contributed by atoms with Crippen LogP contribution in [-0.2, 0) is 6.42 Å². The van der Waals surface area contributed by atoms with E-state index in [1.807, 2.05) is 24.3 Å². The van der Waals surface area contributed by atoms with E-state index < -0.39 is 0 Å². The fourth-order valence-corrected chi connectivity index (χ4v) is 3.58. The lowest BCUT2D eigenvalue weighted by atomic mass is 10.2. The van der Waals surface area contributed by atoms with Gasteiger partial charge >= 0.3 is 0 Å². The fraction of sp³-hybridized carbons (Fsp3) is 0.455. The van der Waals surface area contributed by atoms with Gasteiger partial charge in [-0.25, -0.2) is 9.97 Å². The molecule has 1 saturated carbocycles. The van der Waals surface area contributed by atoms with Crippen LogP contribution in [0.25, 0.3) is 11.4 Å². The van der Waals surface area contributed by atoms with Gasteiger partial charge in [0, 0.05) is 50.8 Å². The van der Waals surface area contributed by atoms with Gasteiger partial charge in [0.25, 0.3) is 0 Å². The summed E-state index contributed by atoms with van der Waals surface area (Å²) in [4.78, 5) is 32.5. The number of hydrogen-bond acceptors (Lipinski definition) is 9. The van der Waals surface area contributed by atoms with E-state index >= 15 is 0 Å². The third-order valence-electron chi connectivity index (χ3n) is 5.63. The second-order valence-electron chi connectivity index (χ2n) is 8.13. The van der Waals surface area contributed by atoms with Gasteiger partial charge in [-0.1, -0.05) is 13.0 Å². The number of rotatable bonds is 6. The van der Waals surface area contributed by atoms with E-state index in [9.17, 15) is 0 Å². The summed E-state index contributed by atoms with van der Waals surface area (Å²) in [5, 5.41) is 3.32. The van der Waals surface area contributed by atoms with Crippen molar-refractivity contribution in [2.75, 3.05) is 43.4 Å². The normalized spacial score (nSPS) is 17.0. The van der Waals surface area contributed by atoms with E-state index in [1.54, 1.807) is 6.20 Å². The summed E-state index contributed by atoms with van der Waals surface area (Å²) in [5.41, 5.74) is 1.64. The van der Waals surface area contributed by atoms with Gasteiger partial charge in [-0.05, 0) is 32.0 Å². The average Bonchev–Trinajstić information content (AvgIpc) is 3.65. The van der Waals surface area contributed by atoms with Gasteiger partial charge in [-0.3, -0.25) is 4.98 Å². The van der Waals surface area contributed by atoms with Crippen molar-refractivity contribution in [3.63, 3.8) is 0 Å². The predicted molar refractivity (Wildman–Crippen MR) is 119 cm³/mol. The first-order valence-electron chi connectivity index (χ1n) is 10.9. The van der Waals surface area contributed by atoms with Gasteiger partial charge in [0.1, 0.15) is 17.5 Å². The van der Waals surface area contributed by atoms with Gasteiger partial charge in [0.15, 0.2) is 0 Å². The Hall–Kier alpha value is -3.20. The van der Waals surface area contributed by atoms with Crippen molar-refractivity contribution >= 4 is 17.7 Å². The predicted octanol–water partition coefficient (Wildman–Crippen LogP) is 2.66. The van der Waals surface area contributed by atoms with Crippen molar-refractivity contribution in [3.05, 3.63) is 42.1 Å². The number of nitrogens with one attached hydrogen (secondary N) is 1. The van der Waals surface area contributed by atoms with E-state index in [-0.39, 0.29) is 0 Å². The molecule has 1 saturated heterocycles. The van der Waals surface area contributed by atoms with Gasteiger partial charge in [0.2, 0.25) is 11.9 Å². The minimum atomic E-state index is 0.426. The minimum Gasteiger partial charge on any atom is -0.338 e. The smallest absolute Gasteiger partial charge is 0.233 e. The van der Waals surface area contributed by atoms with Crippen LogP contribution in [0.15, 0.2) is 30.5 Å². The Bertz CT molecular complexity index is 1040. The summed E-state index contributed by atoms with van der Waals surface area (Å²) in [6, 6.07) is 7.75. The molecular formula is C22H27N9. The lowest BCUT2D eigenvalue weighted by Gasteiger charge is -2.32. The Balaban J connectivity index is 1.46. The number of piperazine rings is 1. The summed E-state index contributed by atoms with van der Waals surface area (Å²) >= 11 is 0. The quantitative estimate of drug-likeness (QED) is 0.649. The molecule has 0 atom stereocenters. The zero-order valence-corrected chi connectivity index (χ0v) is 18.0. The lowest BCUT2D eigenvalue weighted by molar-refractivity contribution is 0.311. The number of pyridine rings is 1. The molecule has 9 heteroatoms. The van der Waals surface area contributed by atoms with E-state index in [0.717, 1.165) is 74.4 Å². The van der Waals surface area contributed by atoms with Crippen LogP contribution in [0.3, 0.4) is 0 Å². The standard InChI is InChI=1S/C22H27N9/c1-3-18-26-21(29-22(28-18)31-12-10-30(2)11-13-31)27-19-14-17(16-6-4-5-9-23-16)24-20(25-19)15-7-8-15/h4-6,9,14-15H,3,7-8,10-13H2,1-2H3,(H,24,25,26,27,28,29). The van der Waals surface area contributed by atoms with Crippen LogP contribution in [0.4, 0.5) is 17.7 Å². The van der Waals surface area contributed by atoms with E-state index in [2.05, 4.69) is 44.0 Å². The SMILES string of the molecule is CCc1nc(Nc2cc(-c3ccccn3)nc(C3CC3)n2)nc(N2CCN(C)CC2)n1. The third kappa shape index (κ3) is 4.61. The molecule has 2 aliphatic rings. The first kappa shape index (κ1) is 19.7. The number of likely N-dealkylation sites (N-methyl/N-ethyl adjacent to an activating group) is 1. The molecule has 0 bridgehead atoms. The summed E-state index contributed by atoms with van der Waals surface area (Å²) in [6.45, 7) is 5.88. The zero-order chi connectivity index (χ0) is 21.2. The molecule has 4 heterocycles. The van der Waals surface area contributed by atoms with Crippen LogP contribution >= 0.6 is 0 Å². The van der Waals surface area contributed by atoms with E-state index in [4.69, 9.17) is 15.0 Å². The van der Waals surface area contributed by atoms with Gasteiger partial charge < -0.3 is 15.1 Å². The second kappa shape index (κ2) is 8.50. The van der Waals surface area contributed by atoms with Crippen LogP contribution < -0.4 is 10.2 Å². The summed E-state index contributed by atoms with van der Waals surface area (Å²) in [6.07, 6.45) is 4.78. The van der Waals surface area contributed by atoms with Crippen LogP contribution in [0, 0.1) is 0 Å². The molecular weight excluding hydrogens is 390 g/mol. The maximum absolute atomic E-state index is 4.76. The molecule has 31 heavy (non-hydrogen) atoms. The molecule has 1 aliphatic carbocycles. The summed E-state index contributed by atoms with van der Waals surface area (Å²) in [5.74, 6) is 3.99. The van der Waals surface area contributed by atoms with Crippen LogP contribution in [-0.4, -0.2) is 68.0 Å². The molecule has 160 valence electrons. The van der Waals surface area contributed by atoms with E-state index in [1.165, 1.54) is 0 Å². The first-order chi connectivity index (χ1) is 15.2. The molecule has 9 nitrogen and oxygen atoms in total. The largest absolute Gasteiger partial charge is 0.338 e. The average molecular weight is 418 g/mol. The van der Waals surface area contributed by atoms with Crippen molar-refractivity contribution in [3.8, 4) is 11.4 Å². The first-order valence-corrected chi connectivity index (χ1v) is 10.9. The molecule has 5 rings (SSSR count). The zero-order valence-electron chi connectivity index (χ0n) is 18.0. The maximum atomic E-state index is 4.76. The van der Waals surface area contributed by atoms with Crippen molar-refractivity contribution < 1.29 is 0 Å². The molecule has 1 aliphatic heterocycles. The van der Waals surface area contributed by atoms with Gasteiger partial charge in [-0.2, -0.15) is 15.0 Å². The molecule has 2 fully saturated rings. The summed E-state index contributed by atoms with van der Waals surface area (Å²) < 4.78 is 0. The van der Waals surface area contributed by atoms with Crippen LogP contribution in [0.5, 0.6) is 0 Å². The monoisotopic (exact) mass is 417 g/mol. The highest BCUT2D eigenvalue weighted by atomic mass is 15.3. The molecule has 3 aromatic rings. The van der Waals surface area contributed by atoms with Crippen molar-refractivity contribution in [2.45, 2.75) is 32.1 Å².